The molecule has 3 unspecified atom stereocenters. The molecular weight excluding hydrogens is 324 g/mol. The summed E-state index contributed by atoms with van der Waals surface area (Å²) in [5, 5.41) is 11.2. The molecule has 4 atom stereocenters. The van der Waals surface area contributed by atoms with Gasteiger partial charge in [-0.25, -0.2) is 4.79 Å². The van der Waals surface area contributed by atoms with Gasteiger partial charge in [-0.05, 0) is 39.3 Å². The van der Waals surface area contributed by atoms with Crippen molar-refractivity contribution >= 4 is 11.9 Å². The third-order valence-corrected chi connectivity index (χ3v) is 4.22. The second-order valence-corrected chi connectivity index (χ2v) is 6.64. The number of aromatic carboxylic acids is 1. The van der Waals surface area contributed by atoms with Crippen LogP contribution < -0.4 is 11.1 Å². The molecule has 2 aliphatic rings. The number of rotatable bonds is 3. The van der Waals surface area contributed by atoms with Crippen molar-refractivity contribution in [3.8, 4) is 0 Å². The monoisotopic (exact) mass is 350 g/mol. The highest BCUT2D eigenvalue weighted by molar-refractivity contribution is 5.87. The van der Waals surface area contributed by atoms with Crippen LogP contribution >= 0.6 is 0 Å². The van der Waals surface area contributed by atoms with Crippen LogP contribution in [0.15, 0.2) is 30.3 Å². The molecule has 0 aromatic heterocycles. The van der Waals surface area contributed by atoms with Crippen LogP contribution in [0.5, 0.6) is 0 Å². The maximum absolute atomic E-state index is 11.8. The van der Waals surface area contributed by atoms with Crippen LogP contribution in [0.3, 0.4) is 0 Å². The largest absolute Gasteiger partial charge is 0.478 e. The lowest BCUT2D eigenvalue weighted by molar-refractivity contribution is -0.160. The number of carbonyl (C=O) groups excluding carboxylic acids is 1. The summed E-state index contributed by atoms with van der Waals surface area (Å²) in [6, 6.07) is 8.18. The van der Waals surface area contributed by atoms with Crippen molar-refractivity contribution in [2.75, 3.05) is 6.54 Å². The second kappa shape index (κ2) is 7.95. The number of carbonyl (C=O) groups is 2. The Morgan fingerprint density at radius 2 is 1.84 bits per heavy atom. The predicted molar refractivity (Wildman–Crippen MR) is 92.0 cm³/mol. The molecule has 1 aliphatic carbocycles. The molecule has 4 N–H and O–H groups in total. The fraction of sp³-hybridized carbons (Fsp3) is 0.556. The summed E-state index contributed by atoms with van der Waals surface area (Å²) in [6.07, 6.45) is 0.288. The average Bonchev–Trinajstić information content (AvgIpc) is 3.03. The molecule has 138 valence electrons. The first-order chi connectivity index (χ1) is 11.7. The number of amides is 1. The number of nitrogens with one attached hydrogen (secondary N) is 1. The van der Waals surface area contributed by atoms with E-state index in [0.29, 0.717) is 18.5 Å². The van der Waals surface area contributed by atoms with Gasteiger partial charge in [-0.15, -0.1) is 0 Å². The standard InChI is InChI=1S/C11H20N2O3.C7H6O2/c1-4-13-10(14)6-5-7(12)9-8(6)15-11(2,3)16-9;8-7(9)6-4-2-1-3-5-6/h6-9H,4-5,12H2,1-3H3,(H,13,14);1-5H,(H,8,9)/t6?,7-,8?,9?;/m1./s1. The summed E-state index contributed by atoms with van der Waals surface area (Å²) in [5.41, 5.74) is 6.31. The Morgan fingerprint density at radius 1 is 1.24 bits per heavy atom. The zero-order valence-electron chi connectivity index (χ0n) is 14.8. The fourth-order valence-corrected chi connectivity index (χ4v) is 3.16. The molecule has 0 radical (unpaired) electrons. The number of hydrogen-bond donors (Lipinski definition) is 3. The predicted octanol–water partition coefficient (Wildman–Crippen LogP) is 1.37. The van der Waals surface area contributed by atoms with Crippen LogP contribution in [0.25, 0.3) is 0 Å². The maximum Gasteiger partial charge on any atom is 0.335 e. The van der Waals surface area contributed by atoms with Crippen molar-refractivity contribution in [3.63, 3.8) is 0 Å². The van der Waals surface area contributed by atoms with Gasteiger partial charge in [0.05, 0.1) is 11.5 Å². The van der Waals surface area contributed by atoms with Gasteiger partial charge in [-0.2, -0.15) is 0 Å². The summed E-state index contributed by atoms with van der Waals surface area (Å²) >= 11 is 0. The number of carboxylic acids is 1. The average molecular weight is 350 g/mol. The van der Waals surface area contributed by atoms with Gasteiger partial charge in [0.25, 0.3) is 0 Å². The molecule has 1 amide bonds. The molecule has 0 spiro atoms. The van der Waals surface area contributed by atoms with Crippen molar-refractivity contribution in [1.82, 2.24) is 5.32 Å². The smallest absolute Gasteiger partial charge is 0.335 e. The van der Waals surface area contributed by atoms with Gasteiger partial charge in [-0.1, -0.05) is 18.2 Å². The van der Waals surface area contributed by atoms with Gasteiger partial charge in [0.15, 0.2) is 5.79 Å². The normalized spacial score (nSPS) is 29.3. The van der Waals surface area contributed by atoms with Crippen molar-refractivity contribution in [2.24, 2.45) is 11.7 Å². The van der Waals surface area contributed by atoms with Crippen LogP contribution in [-0.4, -0.2) is 47.6 Å². The topological polar surface area (TPSA) is 111 Å². The number of benzene rings is 1. The Labute approximate surface area is 147 Å². The third-order valence-electron chi connectivity index (χ3n) is 4.22. The molecular formula is C18H26N2O5. The van der Waals surface area contributed by atoms with Crippen LogP contribution in [0.1, 0.15) is 37.6 Å². The Bertz CT molecular complexity index is 605. The molecule has 7 nitrogen and oxygen atoms in total. The first-order valence-electron chi connectivity index (χ1n) is 8.42. The van der Waals surface area contributed by atoms with E-state index in [1.807, 2.05) is 20.8 Å². The molecule has 2 fully saturated rings. The van der Waals surface area contributed by atoms with E-state index in [1.54, 1.807) is 30.3 Å². The number of hydrogen-bond acceptors (Lipinski definition) is 5. The van der Waals surface area contributed by atoms with Crippen molar-refractivity contribution in [2.45, 2.75) is 51.2 Å². The zero-order chi connectivity index (χ0) is 18.6. The first-order valence-corrected chi connectivity index (χ1v) is 8.42. The molecule has 1 saturated heterocycles. The highest BCUT2D eigenvalue weighted by Gasteiger charge is 2.54. The quantitative estimate of drug-likeness (QED) is 0.759. The minimum absolute atomic E-state index is 0.0201. The molecule has 25 heavy (non-hydrogen) atoms. The van der Waals surface area contributed by atoms with E-state index in [1.165, 1.54) is 0 Å². The van der Waals surface area contributed by atoms with Gasteiger partial charge in [0, 0.05) is 12.6 Å². The zero-order valence-corrected chi connectivity index (χ0v) is 14.8. The SMILES string of the molecule is CCNC(=O)C1C[C@@H](N)C2OC(C)(C)OC12.O=C(O)c1ccccc1. The summed E-state index contributed by atoms with van der Waals surface area (Å²) in [5.74, 6) is -1.66. The van der Waals surface area contributed by atoms with E-state index in [2.05, 4.69) is 5.32 Å². The number of ether oxygens (including phenoxy) is 2. The Kier molecular flexibility index (Phi) is 6.16. The third kappa shape index (κ3) is 4.78. The van der Waals surface area contributed by atoms with Gasteiger partial charge in [0.1, 0.15) is 12.2 Å². The van der Waals surface area contributed by atoms with E-state index in [4.69, 9.17) is 20.3 Å². The van der Waals surface area contributed by atoms with Gasteiger partial charge < -0.3 is 25.6 Å². The second-order valence-electron chi connectivity index (χ2n) is 6.64. The van der Waals surface area contributed by atoms with E-state index >= 15 is 0 Å². The minimum atomic E-state index is -0.879. The molecule has 1 saturated carbocycles. The van der Waals surface area contributed by atoms with E-state index in [0.717, 1.165) is 0 Å². The van der Waals surface area contributed by atoms with Gasteiger partial charge in [0.2, 0.25) is 5.91 Å². The molecule has 1 heterocycles. The van der Waals surface area contributed by atoms with Crippen LogP contribution in [0.4, 0.5) is 0 Å². The number of fused-ring (bicyclic) bond motifs is 1. The van der Waals surface area contributed by atoms with Crippen molar-refractivity contribution < 1.29 is 24.2 Å². The first kappa shape index (κ1) is 19.4. The Morgan fingerprint density at radius 3 is 2.36 bits per heavy atom. The molecule has 0 bridgehead atoms. The lowest BCUT2D eigenvalue weighted by Gasteiger charge is -2.22. The summed E-state index contributed by atoms with van der Waals surface area (Å²) in [7, 11) is 0. The molecule has 1 aromatic carbocycles. The lowest BCUT2D eigenvalue weighted by Crippen LogP contribution is -2.37. The Hall–Kier alpha value is -1.96. The van der Waals surface area contributed by atoms with Crippen molar-refractivity contribution in [3.05, 3.63) is 35.9 Å². The molecule has 1 aromatic rings. The maximum atomic E-state index is 11.8. The lowest BCUT2D eigenvalue weighted by atomic mass is 10.0. The van der Waals surface area contributed by atoms with E-state index in [9.17, 15) is 9.59 Å². The van der Waals surface area contributed by atoms with Crippen LogP contribution in [0, 0.1) is 5.92 Å². The number of nitrogens with two attached hydrogens (primary N) is 1. The van der Waals surface area contributed by atoms with E-state index in [-0.39, 0.29) is 30.1 Å². The van der Waals surface area contributed by atoms with E-state index < -0.39 is 11.8 Å². The van der Waals surface area contributed by atoms with Crippen LogP contribution in [-0.2, 0) is 14.3 Å². The van der Waals surface area contributed by atoms with Crippen molar-refractivity contribution in [1.29, 1.82) is 0 Å². The Balaban J connectivity index is 0.000000212. The molecule has 7 heteroatoms. The van der Waals surface area contributed by atoms with Gasteiger partial charge >= 0.3 is 5.97 Å². The summed E-state index contributed by atoms with van der Waals surface area (Å²) < 4.78 is 11.5. The van der Waals surface area contributed by atoms with Crippen LogP contribution in [0.2, 0.25) is 0 Å². The summed E-state index contributed by atoms with van der Waals surface area (Å²) in [6.45, 7) is 6.24. The molecule has 3 rings (SSSR count). The van der Waals surface area contributed by atoms with Gasteiger partial charge in [-0.3, -0.25) is 4.79 Å². The summed E-state index contributed by atoms with van der Waals surface area (Å²) in [4.78, 5) is 22.0. The number of carboxylic acid groups (broad SMARTS) is 1. The minimum Gasteiger partial charge on any atom is -0.478 e. The fourth-order valence-electron chi connectivity index (χ4n) is 3.16. The molecule has 1 aliphatic heterocycles. The highest BCUT2D eigenvalue weighted by Crippen LogP contribution is 2.40. The highest BCUT2D eigenvalue weighted by atomic mass is 16.8.